The van der Waals surface area contributed by atoms with Gasteiger partial charge in [-0.1, -0.05) is 0 Å². The SMILES string of the molecule is CNC(=O)Nc1ccc(C(F)(F)F)nc1. The lowest BCUT2D eigenvalue weighted by atomic mass is 10.3. The van der Waals surface area contributed by atoms with E-state index >= 15 is 0 Å². The molecule has 2 amide bonds. The minimum absolute atomic E-state index is 0.197. The van der Waals surface area contributed by atoms with Crippen molar-refractivity contribution in [2.45, 2.75) is 6.18 Å². The summed E-state index contributed by atoms with van der Waals surface area (Å²) in [6.07, 6.45) is -3.52. The van der Waals surface area contributed by atoms with Crippen molar-refractivity contribution in [1.82, 2.24) is 10.3 Å². The molecule has 1 aromatic rings. The lowest BCUT2D eigenvalue weighted by Gasteiger charge is -2.07. The maximum absolute atomic E-state index is 12.1. The lowest BCUT2D eigenvalue weighted by Crippen LogP contribution is -2.24. The number of amides is 2. The molecule has 1 aromatic heterocycles. The first-order valence-electron chi connectivity index (χ1n) is 3.95. The van der Waals surface area contributed by atoms with Crippen molar-refractivity contribution in [2.75, 3.05) is 12.4 Å². The van der Waals surface area contributed by atoms with Crippen LogP contribution < -0.4 is 10.6 Å². The van der Waals surface area contributed by atoms with Crippen molar-refractivity contribution in [1.29, 1.82) is 0 Å². The highest BCUT2D eigenvalue weighted by molar-refractivity contribution is 5.88. The predicted octanol–water partition coefficient (Wildman–Crippen LogP) is 1.85. The Hall–Kier alpha value is -1.79. The van der Waals surface area contributed by atoms with E-state index in [9.17, 15) is 18.0 Å². The van der Waals surface area contributed by atoms with Crippen molar-refractivity contribution in [3.63, 3.8) is 0 Å². The quantitative estimate of drug-likeness (QED) is 0.757. The van der Waals surface area contributed by atoms with Gasteiger partial charge in [0.2, 0.25) is 0 Å². The molecule has 2 N–H and O–H groups in total. The largest absolute Gasteiger partial charge is 0.433 e. The van der Waals surface area contributed by atoms with Gasteiger partial charge in [-0.2, -0.15) is 13.2 Å². The molecule has 0 unspecified atom stereocenters. The van der Waals surface area contributed by atoms with E-state index in [-0.39, 0.29) is 5.69 Å². The van der Waals surface area contributed by atoms with Crippen molar-refractivity contribution in [3.05, 3.63) is 24.0 Å². The number of rotatable bonds is 1. The summed E-state index contributed by atoms with van der Waals surface area (Å²) in [6.45, 7) is 0. The van der Waals surface area contributed by atoms with Gasteiger partial charge in [0, 0.05) is 7.05 Å². The number of nitrogens with zero attached hydrogens (tertiary/aromatic N) is 1. The Morgan fingerprint density at radius 3 is 2.47 bits per heavy atom. The number of carbonyl (C=O) groups is 1. The average Bonchev–Trinajstić information content (AvgIpc) is 2.17. The number of hydrogen-bond acceptors (Lipinski definition) is 2. The van der Waals surface area contributed by atoms with Crippen LogP contribution in [0, 0.1) is 0 Å². The highest BCUT2D eigenvalue weighted by Gasteiger charge is 2.31. The summed E-state index contributed by atoms with van der Waals surface area (Å²) in [4.78, 5) is 14.0. The van der Waals surface area contributed by atoms with Crippen LogP contribution in [0.25, 0.3) is 0 Å². The molecule has 0 aliphatic rings. The van der Waals surface area contributed by atoms with Crippen molar-refractivity contribution >= 4 is 11.7 Å². The van der Waals surface area contributed by atoms with Gasteiger partial charge in [0.05, 0.1) is 11.9 Å². The van der Waals surface area contributed by atoms with Crippen LogP contribution in [-0.2, 0) is 6.18 Å². The molecule has 1 heterocycles. The van der Waals surface area contributed by atoms with Gasteiger partial charge in [0.1, 0.15) is 5.69 Å². The smallest absolute Gasteiger partial charge is 0.341 e. The first-order valence-corrected chi connectivity index (χ1v) is 3.95. The zero-order valence-electron chi connectivity index (χ0n) is 7.72. The van der Waals surface area contributed by atoms with Gasteiger partial charge in [-0.15, -0.1) is 0 Å². The van der Waals surface area contributed by atoms with Crippen LogP contribution in [0.3, 0.4) is 0 Å². The molecule has 1 rings (SSSR count). The van der Waals surface area contributed by atoms with Gasteiger partial charge in [0.25, 0.3) is 0 Å². The lowest BCUT2D eigenvalue weighted by molar-refractivity contribution is -0.141. The van der Waals surface area contributed by atoms with Gasteiger partial charge < -0.3 is 10.6 Å². The first kappa shape index (κ1) is 11.3. The van der Waals surface area contributed by atoms with E-state index in [0.717, 1.165) is 18.3 Å². The Morgan fingerprint density at radius 1 is 1.40 bits per heavy atom. The van der Waals surface area contributed by atoms with Crippen molar-refractivity contribution in [2.24, 2.45) is 0 Å². The van der Waals surface area contributed by atoms with Gasteiger partial charge in [-0.05, 0) is 12.1 Å². The number of alkyl halides is 3. The summed E-state index contributed by atoms with van der Waals surface area (Å²) in [5, 5.41) is 4.55. The molecule has 0 saturated carbocycles. The second kappa shape index (κ2) is 4.16. The summed E-state index contributed by atoms with van der Waals surface area (Å²) < 4.78 is 36.3. The molecule has 0 aromatic carbocycles. The number of anilines is 1. The molecule has 0 aliphatic carbocycles. The van der Waals surface area contributed by atoms with E-state index in [1.54, 1.807) is 0 Å². The monoisotopic (exact) mass is 219 g/mol. The third-order valence-electron chi connectivity index (χ3n) is 1.54. The second-order valence-corrected chi connectivity index (χ2v) is 2.63. The first-order chi connectivity index (χ1) is 6.93. The molecule has 7 heteroatoms. The minimum atomic E-state index is -4.47. The number of halogens is 3. The Labute approximate surface area is 83.5 Å². The van der Waals surface area contributed by atoms with Gasteiger partial charge in [-0.25, -0.2) is 9.78 Å². The molecule has 0 atom stereocenters. The number of carbonyl (C=O) groups excluding carboxylic acids is 1. The maximum Gasteiger partial charge on any atom is 0.433 e. The molecule has 0 radical (unpaired) electrons. The molecular formula is C8H8F3N3O. The number of aromatic nitrogens is 1. The number of urea groups is 1. The molecule has 4 nitrogen and oxygen atoms in total. The maximum atomic E-state index is 12.1. The van der Waals surface area contributed by atoms with E-state index < -0.39 is 17.9 Å². The number of pyridine rings is 1. The van der Waals surface area contributed by atoms with Crippen molar-refractivity contribution in [3.8, 4) is 0 Å². The van der Waals surface area contributed by atoms with Crippen LogP contribution in [-0.4, -0.2) is 18.1 Å². The van der Waals surface area contributed by atoms with E-state index in [0.29, 0.717) is 0 Å². The fraction of sp³-hybridized carbons (Fsp3) is 0.250. The van der Waals surface area contributed by atoms with Gasteiger partial charge >= 0.3 is 12.2 Å². The minimum Gasteiger partial charge on any atom is -0.341 e. The Kier molecular flexibility index (Phi) is 3.13. The third-order valence-corrected chi connectivity index (χ3v) is 1.54. The zero-order chi connectivity index (χ0) is 11.5. The van der Waals surface area contributed by atoms with Crippen LogP contribution in [0.2, 0.25) is 0 Å². The Balaban J connectivity index is 2.77. The van der Waals surface area contributed by atoms with E-state index in [1.807, 2.05) is 0 Å². The van der Waals surface area contributed by atoms with Gasteiger partial charge in [-0.3, -0.25) is 0 Å². The molecule has 0 fully saturated rings. The number of hydrogen-bond donors (Lipinski definition) is 2. The Morgan fingerprint density at radius 2 is 2.07 bits per heavy atom. The molecule has 0 spiro atoms. The summed E-state index contributed by atoms with van der Waals surface area (Å²) in [7, 11) is 1.40. The normalized spacial score (nSPS) is 10.9. The molecule has 0 aliphatic heterocycles. The van der Waals surface area contributed by atoms with Crippen molar-refractivity contribution < 1.29 is 18.0 Å². The average molecular weight is 219 g/mol. The van der Waals surface area contributed by atoms with Crippen LogP contribution in [0.5, 0.6) is 0 Å². The third kappa shape index (κ3) is 3.12. The molecule has 82 valence electrons. The molecule has 0 saturated heterocycles. The van der Waals surface area contributed by atoms with E-state index in [1.165, 1.54) is 7.05 Å². The molecule has 0 bridgehead atoms. The van der Waals surface area contributed by atoms with Crippen LogP contribution in [0.15, 0.2) is 18.3 Å². The molecular weight excluding hydrogens is 211 g/mol. The number of nitrogens with one attached hydrogen (secondary N) is 2. The van der Waals surface area contributed by atoms with Crippen LogP contribution in [0.1, 0.15) is 5.69 Å². The molecule has 15 heavy (non-hydrogen) atoms. The van der Waals surface area contributed by atoms with Gasteiger partial charge in [0.15, 0.2) is 0 Å². The van der Waals surface area contributed by atoms with E-state index in [2.05, 4.69) is 15.6 Å². The summed E-state index contributed by atoms with van der Waals surface area (Å²) in [5.41, 5.74) is -0.799. The highest BCUT2D eigenvalue weighted by atomic mass is 19.4. The fourth-order valence-electron chi connectivity index (χ4n) is 0.829. The standard InChI is InChI=1S/C8H8F3N3O/c1-12-7(15)14-5-2-3-6(13-4-5)8(9,10)11/h2-4H,1H3,(H2,12,14,15). The van der Waals surface area contributed by atoms with Crippen LogP contribution >= 0.6 is 0 Å². The summed E-state index contributed by atoms with van der Waals surface area (Å²) in [6, 6.07) is 1.41. The highest BCUT2D eigenvalue weighted by Crippen LogP contribution is 2.27. The Bertz CT molecular complexity index is 347. The summed E-state index contributed by atoms with van der Waals surface area (Å²) in [5.74, 6) is 0. The predicted molar refractivity (Wildman–Crippen MR) is 47.3 cm³/mol. The fourth-order valence-corrected chi connectivity index (χ4v) is 0.829. The second-order valence-electron chi connectivity index (χ2n) is 2.63. The van der Waals surface area contributed by atoms with E-state index in [4.69, 9.17) is 0 Å². The van der Waals surface area contributed by atoms with Crippen LogP contribution in [0.4, 0.5) is 23.7 Å². The topological polar surface area (TPSA) is 54.0 Å². The zero-order valence-corrected chi connectivity index (χ0v) is 7.72. The summed E-state index contributed by atoms with van der Waals surface area (Å²) >= 11 is 0.